The van der Waals surface area contributed by atoms with Crippen LogP contribution in [0.5, 0.6) is 0 Å². The Bertz CT molecular complexity index is 206. The maximum absolute atomic E-state index is 6.00. The summed E-state index contributed by atoms with van der Waals surface area (Å²) in [5.41, 5.74) is 6.00. The van der Waals surface area contributed by atoms with Gasteiger partial charge in [0.15, 0.2) is 0 Å². The van der Waals surface area contributed by atoms with E-state index in [-0.39, 0.29) is 0 Å². The van der Waals surface area contributed by atoms with Crippen molar-refractivity contribution in [2.45, 2.75) is 70.0 Å². The predicted octanol–water partition coefficient (Wildman–Crippen LogP) is 2.15. The Labute approximate surface area is 106 Å². The number of nitrogens with zero attached hydrogens (tertiary/aromatic N) is 1. The molecular formula is C14H28N2O. The van der Waals surface area contributed by atoms with Gasteiger partial charge in [0, 0.05) is 31.3 Å². The molecule has 1 saturated heterocycles. The molecule has 1 atom stereocenters. The number of hydrogen-bond donors (Lipinski definition) is 1. The van der Waals surface area contributed by atoms with Gasteiger partial charge < -0.3 is 10.5 Å². The van der Waals surface area contributed by atoms with Gasteiger partial charge >= 0.3 is 0 Å². The van der Waals surface area contributed by atoms with Crippen LogP contribution < -0.4 is 5.73 Å². The fourth-order valence-electron chi connectivity index (χ4n) is 3.47. The minimum Gasteiger partial charge on any atom is -0.381 e. The zero-order valence-corrected chi connectivity index (χ0v) is 11.2. The average molecular weight is 240 g/mol. The van der Waals surface area contributed by atoms with Gasteiger partial charge in [-0.3, -0.25) is 4.90 Å². The summed E-state index contributed by atoms with van der Waals surface area (Å²) in [5.74, 6) is 0. The summed E-state index contributed by atoms with van der Waals surface area (Å²) in [6, 6.07) is 1.99. The van der Waals surface area contributed by atoms with Gasteiger partial charge in [-0.25, -0.2) is 0 Å². The molecule has 1 aliphatic carbocycles. The molecule has 2 fully saturated rings. The molecule has 0 radical (unpaired) electrons. The van der Waals surface area contributed by atoms with Crippen LogP contribution in [-0.4, -0.2) is 42.8 Å². The molecule has 0 amide bonds. The van der Waals surface area contributed by atoms with E-state index in [2.05, 4.69) is 11.8 Å². The van der Waals surface area contributed by atoms with Gasteiger partial charge in [-0.05, 0) is 51.5 Å². The standard InChI is InChI=1S/C14H28N2O/c1-2-16(13-4-3-10-17-11-9-13)14-7-5-12(15)6-8-14/h12-14H,2-11,15H2,1H3. The first-order valence-electron chi connectivity index (χ1n) is 7.40. The monoisotopic (exact) mass is 240 g/mol. The van der Waals surface area contributed by atoms with Crippen LogP contribution in [0.1, 0.15) is 51.9 Å². The molecule has 3 heteroatoms. The van der Waals surface area contributed by atoms with Crippen molar-refractivity contribution in [3.8, 4) is 0 Å². The van der Waals surface area contributed by atoms with Gasteiger partial charge in [-0.15, -0.1) is 0 Å². The second-order valence-corrected chi connectivity index (χ2v) is 5.60. The first-order chi connectivity index (χ1) is 8.31. The molecule has 1 saturated carbocycles. The molecule has 2 aliphatic rings. The zero-order chi connectivity index (χ0) is 12.1. The van der Waals surface area contributed by atoms with E-state index in [1.807, 2.05) is 0 Å². The summed E-state index contributed by atoms with van der Waals surface area (Å²) < 4.78 is 5.58. The highest BCUT2D eigenvalue weighted by Crippen LogP contribution is 2.26. The van der Waals surface area contributed by atoms with Gasteiger partial charge in [-0.1, -0.05) is 6.92 Å². The lowest BCUT2D eigenvalue weighted by atomic mass is 9.89. The lowest BCUT2D eigenvalue weighted by Crippen LogP contribution is -2.46. The summed E-state index contributed by atoms with van der Waals surface area (Å²) in [5, 5.41) is 0. The fourth-order valence-corrected chi connectivity index (χ4v) is 3.47. The molecule has 2 rings (SSSR count). The third kappa shape index (κ3) is 3.67. The third-order valence-corrected chi connectivity index (χ3v) is 4.47. The predicted molar refractivity (Wildman–Crippen MR) is 71.1 cm³/mol. The maximum atomic E-state index is 6.00. The third-order valence-electron chi connectivity index (χ3n) is 4.47. The molecule has 0 bridgehead atoms. The van der Waals surface area contributed by atoms with E-state index in [0.717, 1.165) is 25.3 Å². The van der Waals surface area contributed by atoms with Crippen molar-refractivity contribution in [1.29, 1.82) is 0 Å². The minimum atomic E-state index is 0.461. The van der Waals surface area contributed by atoms with Crippen LogP contribution in [0.4, 0.5) is 0 Å². The Morgan fingerprint density at radius 2 is 1.71 bits per heavy atom. The van der Waals surface area contributed by atoms with Crippen LogP contribution >= 0.6 is 0 Å². The van der Waals surface area contributed by atoms with Crippen LogP contribution in [0, 0.1) is 0 Å². The van der Waals surface area contributed by atoms with Crippen molar-refractivity contribution >= 4 is 0 Å². The van der Waals surface area contributed by atoms with Crippen LogP contribution in [0.3, 0.4) is 0 Å². The van der Waals surface area contributed by atoms with Crippen LogP contribution in [-0.2, 0) is 4.74 Å². The lowest BCUT2D eigenvalue weighted by Gasteiger charge is -2.40. The highest BCUT2D eigenvalue weighted by molar-refractivity contribution is 4.85. The number of hydrogen-bond acceptors (Lipinski definition) is 3. The van der Waals surface area contributed by atoms with Crippen molar-refractivity contribution in [3.63, 3.8) is 0 Å². The molecular weight excluding hydrogens is 212 g/mol. The second-order valence-electron chi connectivity index (χ2n) is 5.60. The Kier molecular flexibility index (Phi) is 5.26. The normalized spacial score (nSPS) is 35.8. The van der Waals surface area contributed by atoms with Crippen LogP contribution in [0.15, 0.2) is 0 Å². The summed E-state index contributed by atoms with van der Waals surface area (Å²) in [7, 11) is 0. The zero-order valence-electron chi connectivity index (χ0n) is 11.2. The molecule has 0 aromatic heterocycles. The smallest absolute Gasteiger partial charge is 0.0480 e. The highest BCUT2D eigenvalue weighted by atomic mass is 16.5. The largest absolute Gasteiger partial charge is 0.381 e. The number of ether oxygens (including phenoxy) is 1. The Balaban J connectivity index is 1.89. The Morgan fingerprint density at radius 3 is 2.41 bits per heavy atom. The second kappa shape index (κ2) is 6.72. The van der Waals surface area contributed by atoms with Gasteiger partial charge in [0.2, 0.25) is 0 Å². The number of nitrogens with two attached hydrogens (primary N) is 1. The molecule has 3 nitrogen and oxygen atoms in total. The molecule has 0 aromatic rings. The number of rotatable bonds is 3. The molecule has 1 unspecified atom stereocenters. The Hall–Kier alpha value is -0.120. The van der Waals surface area contributed by atoms with E-state index in [4.69, 9.17) is 10.5 Å². The van der Waals surface area contributed by atoms with E-state index in [1.54, 1.807) is 0 Å². The van der Waals surface area contributed by atoms with Crippen molar-refractivity contribution in [2.24, 2.45) is 5.73 Å². The van der Waals surface area contributed by atoms with Gasteiger partial charge in [-0.2, -0.15) is 0 Å². The van der Waals surface area contributed by atoms with Crippen molar-refractivity contribution in [2.75, 3.05) is 19.8 Å². The first-order valence-corrected chi connectivity index (χ1v) is 7.40. The molecule has 0 spiro atoms. The lowest BCUT2D eigenvalue weighted by molar-refractivity contribution is 0.0872. The van der Waals surface area contributed by atoms with Crippen molar-refractivity contribution < 1.29 is 4.74 Å². The van der Waals surface area contributed by atoms with Gasteiger partial charge in [0.1, 0.15) is 0 Å². The van der Waals surface area contributed by atoms with Crippen LogP contribution in [0.2, 0.25) is 0 Å². The van der Waals surface area contributed by atoms with E-state index in [9.17, 15) is 0 Å². The molecule has 1 heterocycles. The summed E-state index contributed by atoms with van der Waals surface area (Å²) in [4.78, 5) is 2.74. The minimum absolute atomic E-state index is 0.461. The molecule has 17 heavy (non-hydrogen) atoms. The van der Waals surface area contributed by atoms with Crippen molar-refractivity contribution in [3.05, 3.63) is 0 Å². The van der Waals surface area contributed by atoms with Gasteiger partial charge in [0.05, 0.1) is 0 Å². The van der Waals surface area contributed by atoms with Crippen molar-refractivity contribution in [1.82, 2.24) is 4.90 Å². The van der Waals surface area contributed by atoms with E-state index < -0.39 is 0 Å². The summed E-state index contributed by atoms with van der Waals surface area (Å²) in [6.45, 7) is 5.40. The molecule has 2 N–H and O–H groups in total. The van der Waals surface area contributed by atoms with Crippen LogP contribution in [0.25, 0.3) is 0 Å². The van der Waals surface area contributed by atoms with E-state index in [1.165, 1.54) is 51.5 Å². The summed E-state index contributed by atoms with van der Waals surface area (Å²) in [6.07, 6.45) is 8.79. The quantitative estimate of drug-likeness (QED) is 0.821. The van der Waals surface area contributed by atoms with E-state index in [0.29, 0.717) is 6.04 Å². The Morgan fingerprint density at radius 1 is 1.00 bits per heavy atom. The maximum Gasteiger partial charge on any atom is 0.0480 e. The highest BCUT2D eigenvalue weighted by Gasteiger charge is 2.28. The SMILES string of the molecule is CCN(C1CCCOCC1)C1CCC(N)CC1. The first kappa shape index (κ1) is 13.3. The van der Waals surface area contributed by atoms with E-state index >= 15 is 0 Å². The summed E-state index contributed by atoms with van der Waals surface area (Å²) >= 11 is 0. The topological polar surface area (TPSA) is 38.5 Å². The molecule has 1 aliphatic heterocycles. The molecule has 100 valence electrons. The molecule has 0 aromatic carbocycles. The van der Waals surface area contributed by atoms with Gasteiger partial charge in [0.25, 0.3) is 0 Å². The fraction of sp³-hybridized carbons (Fsp3) is 1.00. The average Bonchev–Trinajstić information content (AvgIpc) is 2.62.